The van der Waals surface area contributed by atoms with Crippen LogP contribution in [-0.2, 0) is 9.59 Å². The molecule has 0 fully saturated rings. The Kier molecular flexibility index (Phi) is 11.5. The molecule has 16 heteroatoms. The third kappa shape index (κ3) is 11.1. The van der Waals surface area contributed by atoms with Gasteiger partial charge in [-0.25, -0.2) is 9.59 Å². The number of nitrogens with zero attached hydrogens (tertiary/aromatic N) is 2. The summed E-state index contributed by atoms with van der Waals surface area (Å²) in [5, 5.41) is 36.9. The summed E-state index contributed by atoms with van der Waals surface area (Å²) in [6.07, 6.45) is -0.416. The topological polar surface area (TPSA) is 295 Å². The highest BCUT2D eigenvalue weighted by Crippen LogP contribution is 2.20. The molecule has 0 aromatic carbocycles. The molecule has 1 rings (SSSR count). The Hall–Kier alpha value is -3.50. The third-order valence-electron chi connectivity index (χ3n) is 4.43. The standard InChI is InChI=1S/C17H32N10O6/c18-8(3-5-11(19)28)13-26-14(33-27-13)9(2-1-7-23-16(21)22)24-17(32)25-10(15(30)31)4-6-12(20)29/h8-10,12,29H,1-7,18,20H2,(H2,19,28)(H,30,31)(H4,21,22,23)(H2,24,25,32)/t8-,9-,10-,12?/m0/s1. The van der Waals surface area contributed by atoms with E-state index in [0.29, 0.717) is 13.0 Å². The van der Waals surface area contributed by atoms with E-state index in [9.17, 15) is 19.5 Å². The molecular formula is C17H32N10O6. The number of amides is 3. The van der Waals surface area contributed by atoms with E-state index >= 15 is 0 Å². The lowest BCUT2D eigenvalue weighted by atomic mass is 10.1. The lowest BCUT2D eigenvalue weighted by molar-refractivity contribution is -0.139. The summed E-state index contributed by atoms with van der Waals surface area (Å²) in [5.41, 5.74) is 21.5. The van der Waals surface area contributed by atoms with E-state index in [4.69, 9.17) is 38.0 Å². The molecule has 0 spiro atoms. The first-order valence-corrected chi connectivity index (χ1v) is 10.2. The van der Waals surface area contributed by atoms with Gasteiger partial charge in [0.05, 0.1) is 6.04 Å². The van der Waals surface area contributed by atoms with Crippen LogP contribution in [0.5, 0.6) is 0 Å². The van der Waals surface area contributed by atoms with Gasteiger partial charge in [0.1, 0.15) is 18.3 Å². The van der Waals surface area contributed by atoms with Crippen LogP contribution in [0.15, 0.2) is 4.52 Å². The van der Waals surface area contributed by atoms with Crippen LogP contribution in [0.3, 0.4) is 0 Å². The van der Waals surface area contributed by atoms with Gasteiger partial charge in [-0.05, 0) is 32.1 Å². The number of aliphatic hydroxyl groups is 1. The summed E-state index contributed by atoms with van der Waals surface area (Å²) >= 11 is 0. The van der Waals surface area contributed by atoms with Gasteiger partial charge in [-0.15, -0.1) is 0 Å². The van der Waals surface area contributed by atoms with Crippen molar-refractivity contribution in [3.63, 3.8) is 0 Å². The van der Waals surface area contributed by atoms with Gasteiger partial charge in [0.2, 0.25) is 11.8 Å². The Morgan fingerprint density at radius 1 is 1.09 bits per heavy atom. The fourth-order valence-electron chi connectivity index (χ4n) is 2.71. The fraction of sp³-hybridized carbons (Fsp3) is 0.647. The van der Waals surface area contributed by atoms with Gasteiger partial charge in [-0.2, -0.15) is 4.98 Å². The van der Waals surface area contributed by atoms with Crippen molar-refractivity contribution in [2.24, 2.45) is 22.9 Å². The number of carbonyl (C=O) groups excluding carboxylic acids is 2. The molecule has 1 unspecified atom stereocenters. The highest BCUT2D eigenvalue weighted by atomic mass is 16.5. The second kappa shape index (κ2) is 13.8. The normalized spacial score (nSPS) is 14.5. The molecule has 16 nitrogen and oxygen atoms in total. The van der Waals surface area contributed by atoms with Crippen LogP contribution < -0.4 is 38.9 Å². The molecule has 0 bridgehead atoms. The zero-order valence-electron chi connectivity index (χ0n) is 18.0. The molecule has 0 aliphatic rings. The maximum absolute atomic E-state index is 12.4. The van der Waals surface area contributed by atoms with Crippen LogP contribution in [0.2, 0.25) is 0 Å². The average molecular weight is 473 g/mol. The van der Waals surface area contributed by atoms with E-state index in [1.54, 1.807) is 0 Å². The fourth-order valence-corrected chi connectivity index (χ4v) is 2.71. The summed E-state index contributed by atoms with van der Waals surface area (Å²) in [6.45, 7) is 0.320. The molecule has 1 aromatic heterocycles. The third-order valence-corrected chi connectivity index (χ3v) is 4.43. The minimum atomic E-state index is -1.30. The summed E-state index contributed by atoms with van der Waals surface area (Å²) in [7, 11) is 0. The first-order chi connectivity index (χ1) is 15.5. The lowest BCUT2D eigenvalue weighted by Gasteiger charge is -2.19. The Morgan fingerprint density at radius 2 is 1.79 bits per heavy atom. The molecule has 14 N–H and O–H groups in total. The Labute approximate surface area is 189 Å². The molecule has 0 radical (unpaired) electrons. The molecule has 4 atom stereocenters. The number of carboxylic acid groups (broad SMARTS) is 1. The summed E-state index contributed by atoms with van der Waals surface area (Å²) < 4.78 is 5.21. The monoisotopic (exact) mass is 472 g/mol. The van der Waals surface area contributed by atoms with Gasteiger partial charge in [0.25, 0.3) is 0 Å². The number of hydrogen-bond acceptors (Lipinski definition) is 10. The largest absolute Gasteiger partial charge is 0.480 e. The van der Waals surface area contributed by atoms with Crippen LogP contribution >= 0.6 is 0 Å². The van der Waals surface area contributed by atoms with Crippen molar-refractivity contribution < 1.29 is 29.1 Å². The van der Waals surface area contributed by atoms with Crippen molar-refractivity contribution in [2.75, 3.05) is 6.54 Å². The van der Waals surface area contributed by atoms with Crippen LogP contribution in [0, 0.1) is 5.41 Å². The van der Waals surface area contributed by atoms with E-state index in [1.165, 1.54) is 0 Å². The number of aliphatic carboxylic acids is 1. The van der Waals surface area contributed by atoms with Gasteiger partial charge >= 0.3 is 12.0 Å². The van der Waals surface area contributed by atoms with Crippen LogP contribution in [-0.4, -0.2) is 63.0 Å². The molecule has 186 valence electrons. The second-order valence-corrected chi connectivity index (χ2v) is 7.29. The van der Waals surface area contributed by atoms with E-state index in [2.05, 4.69) is 26.1 Å². The molecule has 1 heterocycles. The molecule has 0 saturated heterocycles. The molecule has 0 aliphatic heterocycles. The van der Waals surface area contributed by atoms with Crippen molar-refractivity contribution >= 4 is 23.9 Å². The number of aliphatic hydroxyl groups excluding tert-OH is 1. The predicted octanol–water partition coefficient (Wildman–Crippen LogP) is -2.55. The first kappa shape index (κ1) is 27.5. The van der Waals surface area contributed by atoms with Crippen LogP contribution in [0.1, 0.15) is 62.3 Å². The Morgan fingerprint density at radius 3 is 2.36 bits per heavy atom. The van der Waals surface area contributed by atoms with Crippen molar-refractivity contribution in [1.82, 2.24) is 26.1 Å². The Balaban J connectivity index is 2.86. The maximum Gasteiger partial charge on any atom is 0.326 e. The van der Waals surface area contributed by atoms with Crippen molar-refractivity contribution in [2.45, 2.75) is 62.9 Å². The average Bonchev–Trinajstić information content (AvgIpc) is 3.21. The maximum atomic E-state index is 12.4. The molecular weight excluding hydrogens is 440 g/mol. The van der Waals surface area contributed by atoms with Gasteiger partial charge in [0, 0.05) is 13.0 Å². The summed E-state index contributed by atoms with van der Waals surface area (Å²) in [6, 6.07) is -3.65. The molecule has 0 saturated carbocycles. The van der Waals surface area contributed by atoms with Gasteiger partial charge in [0.15, 0.2) is 11.8 Å². The van der Waals surface area contributed by atoms with E-state index in [1.807, 2.05) is 0 Å². The number of primary amides is 1. The zero-order chi connectivity index (χ0) is 25.0. The van der Waals surface area contributed by atoms with Crippen LogP contribution in [0.4, 0.5) is 4.79 Å². The summed E-state index contributed by atoms with van der Waals surface area (Å²) in [5.74, 6) is -1.92. The predicted molar refractivity (Wildman–Crippen MR) is 114 cm³/mol. The minimum absolute atomic E-state index is 0.0155. The van der Waals surface area contributed by atoms with E-state index in [0.717, 1.165) is 0 Å². The van der Waals surface area contributed by atoms with Crippen molar-refractivity contribution in [3.05, 3.63) is 11.7 Å². The van der Waals surface area contributed by atoms with Gasteiger partial charge in [-0.1, -0.05) is 5.16 Å². The molecule has 33 heavy (non-hydrogen) atoms. The molecule has 3 amide bonds. The van der Waals surface area contributed by atoms with Gasteiger partial charge < -0.3 is 53.6 Å². The zero-order valence-corrected chi connectivity index (χ0v) is 18.0. The van der Waals surface area contributed by atoms with Crippen molar-refractivity contribution in [1.29, 1.82) is 5.41 Å². The first-order valence-electron chi connectivity index (χ1n) is 10.2. The number of aromatic nitrogens is 2. The van der Waals surface area contributed by atoms with Gasteiger partial charge in [-0.3, -0.25) is 10.2 Å². The molecule has 0 aliphatic carbocycles. The lowest BCUT2D eigenvalue weighted by Crippen LogP contribution is -2.47. The highest BCUT2D eigenvalue weighted by Gasteiger charge is 2.26. The SMILES string of the molecule is N=C(N)NCCC[C@H](NC(=O)N[C@@H](CCC(N)O)C(=O)O)c1nc([C@@H](N)CCC(N)=O)no1. The minimum Gasteiger partial charge on any atom is -0.480 e. The summed E-state index contributed by atoms with van der Waals surface area (Å²) in [4.78, 5) is 38.9. The number of nitrogens with one attached hydrogen (secondary N) is 4. The number of rotatable bonds is 15. The van der Waals surface area contributed by atoms with E-state index in [-0.39, 0.29) is 49.8 Å². The quantitative estimate of drug-likeness (QED) is 0.0546. The smallest absolute Gasteiger partial charge is 0.326 e. The highest BCUT2D eigenvalue weighted by molar-refractivity contribution is 5.82. The Bertz CT molecular complexity index is 801. The van der Waals surface area contributed by atoms with Crippen molar-refractivity contribution in [3.8, 4) is 0 Å². The number of carbonyl (C=O) groups is 3. The number of carboxylic acids is 1. The molecule has 1 aromatic rings. The second-order valence-electron chi connectivity index (χ2n) is 7.29. The van der Waals surface area contributed by atoms with Crippen LogP contribution in [0.25, 0.3) is 0 Å². The van der Waals surface area contributed by atoms with E-state index < -0.39 is 42.3 Å². The number of hydrogen-bond donors (Lipinski definition) is 10. The number of guanidine groups is 1. The number of nitrogens with two attached hydrogens (primary N) is 4. The number of urea groups is 1.